The van der Waals surface area contributed by atoms with Crippen molar-refractivity contribution in [3.63, 3.8) is 0 Å². The summed E-state index contributed by atoms with van der Waals surface area (Å²) in [5.41, 5.74) is -0.716. The number of aliphatic carboxylic acids is 1. The lowest BCUT2D eigenvalue weighted by molar-refractivity contribution is -0.152. The second-order valence-corrected chi connectivity index (χ2v) is 5.29. The van der Waals surface area contributed by atoms with E-state index in [1.54, 1.807) is 11.8 Å². The van der Waals surface area contributed by atoms with E-state index in [9.17, 15) is 19.5 Å². The van der Waals surface area contributed by atoms with Gasteiger partial charge in [0.1, 0.15) is 6.54 Å². The fraction of sp³-hybridized carbons (Fsp3) is 0.786. The molecule has 21 heavy (non-hydrogen) atoms. The van der Waals surface area contributed by atoms with Crippen LogP contribution in [0.25, 0.3) is 0 Å². The zero-order valence-corrected chi connectivity index (χ0v) is 12.7. The van der Waals surface area contributed by atoms with Crippen LogP contribution in [0.3, 0.4) is 0 Å². The number of carboxylic acid groups (broad SMARTS) is 1. The van der Waals surface area contributed by atoms with E-state index >= 15 is 0 Å². The minimum atomic E-state index is -0.782. The highest BCUT2D eigenvalue weighted by molar-refractivity contribution is 5.81. The lowest BCUT2D eigenvalue weighted by atomic mass is 9.75. The third-order valence-electron chi connectivity index (χ3n) is 3.88. The molecule has 1 aliphatic heterocycles. The molecule has 2 N–H and O–H groups in total. The van der Waals surface area contributed by atoms with Gasteiger partial charge in [0, 0.05) is 13.1 Å². The number of nitrogens with one attached hydrogen (secondary N) is 1. The van der Waals surface area contributed by atoms with Gasteiger partial charge in [-0.2, -0.15) is 0 Å². The molecule has 7 heteroatoms. The standard InChI is InChI=1S/C14H24N2O5/c1-3-5-14(12(18)19)6-8-16(9-7-14)13(20)15-10-11(17)21-4-2/h3-10H2,1-2H3,(H,15,20)(H,18,19). The first kappa shape index (κ1) is 17.3. The van der Waals surface area contributed by atoms with E-state index in [2.05, 4.69) is 5.32 Å². The lowest BCUT2D eigenvalue weighted by Crippen LogP contribution is -2.50. The molecular weight excluding hydrogens is 276 g/mol. The molecule has 1 rings (SSSR count). The zero-order chi connectivity index (χ0) is 15.9. The maximum Gasteiger partial charge on any atom is 0.325 e. The van der Waals surface area contributed by atoms with Crippen LogP contribution >= 0.6 is 0 Å². The molecule has 0 spiro atoms. The number of likely N-dealkylation sites (tertiary alicyclic amines) is 1. The number of rotatable bonds is 6. The highest BCUT2D eigenvalue weighted by Crippen LogP contribution is 2.36. The Morgan fingerprint density at radius 3 is 2.33 bits per heavy atom. The van der Waals surface area contributed by atoms with Crippen LogP contribution in [0.1, 0.15) is 39.5 Å². The first-order chi connectivity index (χ1) is 9.95. The monoisotopic (exact) mass is 300 g/mol. The van der Waals surface area contributed by atoms with Gasteiger partial charge in [-0.05, 0) is 26.2 Å². The molecule has 1 fully saturated rings. The summed E-state index contributed by atoms with van der Waals surface area (Å²) in [5.74, 6) is -1.26. The summed E-state index contributed by atoms with van der Waals surface area (Å²) in [7, 11) is 0. The molecule has 0 aromatic carbocycles. The largest absolute Gasteiger partial charge is 0.481 e. The van der Waals surface area contributed by atoms with Crippen LogP contribution in [-0.2, 0) is 14.3 Å². The van der Waals surface area contributed by atoms with E-state index in [0.29, 0.717) is 32.4 Å². The summed E-state index contributed by atoms with van der Waals surface area (Å²) in [6.07, 6.45) is 2.33. The summed E-state index contributed by atoms with van der Waals surface area (Å²) in [5, 5.41) is 11.9. The molecule has 1 heterocycles. The van der Waals surface area contributed by atoms with Gasteiger partial charge < -0.3 is 20.1 Å². The molecule has 0 unspecified atom stereocenters. The van der Waals surface area contributed by atoms with E-state index in [0.717, 1.165) is 6.42 Å². The predicted octanol–water partition coefficient (Wildman–Crippen LogP) is 1.23. The number of carbonyl (C=O) groups excluding carboxylic acids is 2. The van der Waals surface area contributed by atoms with Crippen LogP contribution in [0.5, 0.6) is 0 Å². The number of carboxylic acids is 1. The molecule has 0 aliphatic carbocycles. The average Bonchev–Trinajstić information content (AvgIpc) is 2.46. The van der Waals surface area contributed by atoms with Crippen molar-refractivity contribution in [3.05, 3.63) is 0 Å². The molecule has 0 aromatic heterocycles. The van der Waals surface area contributed by atoms with Crippen LogP contribution in [0.4, 0.5) is 4.79 Å². The highest BCUT2D eigenvalue weighted by atomic mass is 16.5. The van der Waals surface area contributed by atoms with Crippen LogP contribution in [0.15, 0.2) is 0 Å². The summed E-state index contributed by atoms with van der Waals surface area (Å²) < 4.78 is 4.73. The molecule has 2 amide bonds. The molecule has 0 saturated carbocycles. The van der Waals surface area contributed by atoms with Crippen molar-refractivity contribution in [3.8, 4) is 0 Å². The number of ether oxygens (including phenoxy) is 1. The number of piperidine rings is 1. The minimum Gasteiger partial charge on any atom is -0.481 e. The van der Waals surface area contributed by atoms with Gasteiger partial charge >= 0.3 is 18.0 Å². The number of hydrogen-bond donors (Lipinski definition) is 2. The van der Waals surface area contributed by atoms with Gasteiger partial charge in [-0.25, -0.2) is 4.79 Å². The minimum absolute atomic E-state index is 0.164. The molecule has 0 atom stereocenters. The van der Waals surface area contributed by atoms with E-state index in [4.69, 9.17) is 4.74 Å². The Balaban J connectivity index is 2.46. The molecule has 0 bridgehead atoms. The summed E-state index contributed by atoms with van der Waals surface area (Å²) in [6, 6.07) is -0.349. The lowest BCUT2D eigenvalue weighted by Gasteiger charge is -2.38. The summed E-state index contributed by atoms with van der Waals surface area (Å²) in [6.45, 7) is 4.55. The van der Waals surface area contributed by atoms with Crippen LogP contribution < -0.4 is 5.32 Å². The maximum atomic E-state index is 11.9. The molecule has 0 aromatic rings. The topological polar surface area (TPSA) is 95.9 Å². The quantitative estimate of drug-likeness (QED) is 0.719. The van der Waals surface area contributed by atoms with Crippen molar-refractivity contribution in [2.45, 2.75) is 39.5 Å². The molecule has 1 saturated heterocycles. The summed E-state index contributed by atoms with van der Waals surface area (Å²) >= 11 is 0. The van der Waals surface area contributed by atoms with E-state index in [1.807, 2.05) is 6.92 Å². The number of hydrogen-bond acceptors (Lipinski definition) is 4. The second kappa shape index (κ2) is 7.85. The van der Waals surface area contributed by atoms with Crippen molar-refractivity contribution < 1.29 is 24.2 Å². The predicted molar refractivity (Wildman–Crippen MR) is 75.8 cm³/mol. The van der Waals surface area contributed by atoms with Crippen LogP contribution in [-0.4, -0.2) is 54.2 Å². The van der Waals surface area contributed by atoms with Crippen LogP contribution in [0.2, 0.25) is 0 Å². The zero-order valence-electron chi connectivity index (χ0n) is 12.7. The molecule has 1 aliphatic rings. The number of esters is 1. The van der Waals surface area contributed by atoms with Crippen molar-refractivity contribution in [1.29, 1.82) is 0 Å². The van der Waals surface area contributed by atoms with Gasteiger partial charge in [0.25, 0.3) is 0 Å². The first-order valence-corrected chi connectivity index (χ1v) is 7.37. The van der Waals surface area contributed by atoms with Gasteiger partial charge in [-0.15, -0.1) is 0 Å². The number of carbonyl (C=O) groups is 3. The highest BCUT2D eigenvalue weighted by Gasteiger charge is 2.41. The number of nitrogens with zero attached hydrogens (tertiary/aromatic N) is 1. The SMILES string of the molecule is CCCC1(C(=O)O)CCN(C(=O)NCC(=O)OCC)CC1. The molecular formula is C14H24N2O5. The Morgan fingerprint density at radius 2 is 1.86 bits per heavy atom. The van der Waals surface area contributed by atoms with Crippen molar-refractivity contribution in [1.82, 2.24) is 10.2 Å². The van der Waals surface area contributed by atoms with Gasteiger partial charge in [0.2, 0.25) is 0 Å². The Morgan fingerprint density at radius 1 is 1.24 bits per heavy atom. The Bertz CT molecular complexity index is 389. The van der Waals surface area contributed by atoms with E-state index < -0.39 is 17.4 Å². The Labute approximate surface area is 124 Å². The van der Waals surface area contributed by atoms with E-state index in [-0.39, 0.29) is 19.2 Å². The number of amides is 2. The summed E-state index contributed by atoms with van der Waals surface area (Å²) in [4.78, 5) is 36.1. The third kappa shape index (κ3) is 4.61. The molecule has 120 valence electrons. The smallest absolute Gasteiger partial charge is 0.325 e. The fourth-order valence-corrected chi connectivity index (χ4v) is 2.66. The van der Waals surface area contributed by atoms with Gasteiger partial charge in [-0.1, -0.05) is 13.3 Å². The van der Waals surface area contributed by atoms with Crippen molar-refractivity contribution in [2.24, 2.45) is 5.41 Å². The maximum absolute atomic E-state index is 11.9. The van der Waals surface area contributed by atoms with Gasteiger partial charge in [0.15, 0.2) is 0 Å². The molecule has 0 radical (unpaired) electrons. The third-order valence-corrected chi connectivity index (χ3v) is 3.88. The van der Waals surface area contributed by atoms with E-state index in [1.165, 1.54) is 0 Å². The first-order valence-electron chi connectivity index (χ1n) is 7.37. The Hall–Kier alpha value is -1.79. The molecule has 7 nitrogen and oxygen atoms in total. The van der Waals surface area contributed by atoms with Crippen LogP contribution in [0, 0.1) is 5.41 Å². The average molecular weight is 300 g/mol. The normalized spacial score (nSPS) is 17.1. The number of urea groups is 1. The Kier molecular flexibility index (Phi) is 6.45. The van der Waals surface area contributed by atoms with Crippen molar-refractivity contribution in [2.75, 3.05) is 26.2 Å². The van der Waals surface area contributed by atoms with Gasteiger partial charge in [0.05, 0.1) is 12.0 Å². The second-order valence-electron chi connectivity index (χ2n) is 5.29. The fourth-order valence-electron chi connectivity index (χ4n) is 2.66. The van der Waals surface area contributed by atoms with Crippen molar-refractivity contribution >= 4 is 18.0 Å². The van der Waals surface area contributed by atoms with Gasteiger partial charge in [-0.3, -0.25) is 9.59 Å².